The molecule has 1 aliphatic heterocycles. The van der Waals surface area contributed by atoms with Gasteiger partial charge in [0.15, 0.2) is 0 Å². The molecule has 2 rings (SSSR count). The van der Waals surface area contributed by atoms with Gasteiger partial charge in [-0.15, -0.1) is 0 Å². The average Bonchev–Trinajstić information content (AvgIpc) is 2.48. The second-order valence-corrected chi connectivity index (χ2v) is 5.48. The summed E-state index contributed by atoms with van der Waals surface area (Å²) in [5.41, 5.74) is 1.18. The Kier molecular flexibility index (Phi) is 6.31. The molecule has 1 fully saturated rings. The van der Waals surface area contributed by atoms with E-state index in [1.165, 1.54) is 50.9 Å². The molecule has 0 radical (unpaired) electrons. The van der Waals surface area contributed by atoms with Crippen LogP contribution in [0, 0.1) is 0 Å². The third kappa shape index (κ3) is 5.29. The Hall–Kier alpha value is -0.930. The van der Waals surface area contributed by atoms with Gasteiger partial charge in [0.2, 0.25) is 0 Å². The molecule has 3 nitrogen and oxygen atoms in total. The minimum Gasteiger partial charge on any atom is -0.314 e. The van der Waals surface area contributed by atoms with Crippen LogP contribution >= 0.6 is 0 Å². The van der Waals surface area contributed by atoms with Crippen LogP contribution in [-0.4, -0.2) is 35.6 Å². The summed E-state index contributed by atoms with van der Waals surface area (Å²) in [6.45, 7) is 6.73. The molecular formula is C16H27N3. The number of aromatic nitrogens is 1. The van der Waals surface area contributed by atoms with E-state index >= 15 is 0 Å². The summed E-state index contributed by atoms with van der Waals surface area (Å²) in [5, 5.41) is 3.63. The van der Waals surface area contributed by atoms with E-state index in [0.29, 0.717) is 0 Å². The molecule has 0 saturated carbocycles. The zero-order chi connectivity index (χ0) is 13.3. The van der Waals surface area contributed by atoms with Gasteiger partial charge in [-0.3, -0.25) is 9.88 Å². The van der Waals surface area contributed by atoms with Crippen LogP contribution in [0.25, 0.3) is 0 Å². The number of nitrogens with zero attached hydrogens (tertiary/aromatic N) is 2. The van der Waals surface area contributed by atoms with Crippen molar-refractivity contribution in [1.82, 2.24) is 15.2 Å². The van der Waals surface area contributed by atoms with E-state index < -0.39 is 0 Å². The van der Waals surface area contributed by atoms with Crippen molar-refractivity contribution in [3.8, 4) is 0 Å². The zero-order valence-electron chi connectivity index (χ0n) is 12.1. The second-order valence-electron chi connectivity index (χ2n) is 5.48. The van der Waals surface area contributed by atoms with Crippen LogP contribution in [0.15, 0.2) is 24.4 Å². The molecule has 2 heterocycles. The van der Waals surface area contributed by atoms with Crippen molar-refractivity contribution in [2.75, 3.05) is 19.6 Å². The van der Waals surface area contributed by atoms with E-state index in [1.807, 2.05) is 12.3 Å². The zero-order valence-corrected chi connectivity index (χ0v) is 12.1. The van der Waals surface area contributed by atoms with Crippen LogP contribution in [-0.2, 0) is 6.54 Å². The highest BCUT2D eigenvalue weighted by Gasteiger charge is 2.12. The van der Waals surface area contributed by atoms with Crippen molar-refractivity contribution < 1.29 is 0 Å². The third-order valence-electron chi connectivity index (χ3n) is 4.00. The topological polar surface area (TPSA) is 28.2 Å². The average molecular weight is 261 g/mol. The van der Waals surface area contributed by atoms with E-state index in [0.717, 1.165) is 19.1 Å². The molecule has 1 saturated heterocycles. The van der Waals surface area contributed by atoms with E-state index in [9.17, 15) is 0 Å². The summed E-state index contributed by atoms with van der Waals surface area (Å²) in [6, 6.07) is 6.93. The lowest BCUT2D eigenvalue weighted by molar-refractivity contribution is 0.259. The Balaban J connectivity index is 1.67. The van der Waals surface area contributed by atoms with Crippen molar-refractivity contribution in [1.29, 1.82) is 0 Å². The molecule has 1 unspecified atom stereocenters. The molecule has 0 aromatic carbocycles. The molecule has 0 aliphatic carbocycles. The van der Waals surface area contributed by atoms with Gasteiger partial charge in [-0.25, -0.2) is 0 Å². The Labute approximate surface area is 117 Å². The highest BCUT2D eigenvalue weighted by Crippen LogP contribution is 2.12. The Bertz CT molecular complexity index is 333. The first kappa shape index (κ1) is 14.5. The minimum absolute atomic E-state index is 0.766. The fourth-order valence-electron chi connectivity index (χ4n) is 2.80. The van der Waals surface area contributed by atoms with Crippen LogP contribution in [0.3, 0.4) is 0 Å². The van der Waals surface area contributed by atoms with Gasteiger partial charge in [0, 0.05) is 18.8 Å². The predicted octanol–water partition coefficient (Wildman–Crippen LogP) is 2.83. The maximum atomic E-state index is 4.41. The van der Waals surface area contributed by atoms with Crippen molar-refractivity contribution in [2.24, 2.45) is 0 Å². The molecule has 0 amide bonds. The van der Waals surface area contributed by atoms with Gasteiger partial charge in [-0.2, -0.15) is 0 Å². The summed E-state index contributed by atoms with van der Waals surface area (Å²) in [6.07, 6.45) is 8.62. The number of hydrogen-bond donors (Lipinski definition) is 1. The summed E-state index contributed by atoms with van der Waals surface area (Å²) < 4.78 is 0. The van der Waals surface area contributed by atoms with Crippen molar-refractivity contribution in [3.63, 3.8) is 0 Å². The molecule has 1 aromatic rings. The smallest absolute Gasteiger partial charge is 0.0543 e. The fourth-order valence-corrected chi connectivity index (χ4v) is 2.80. The van der Waals surface area contributed by atoms with Gasteiger partial charge in [0.1, 0.15) is 0 Å². The number of hydrogen-bond acceptors (Lipinski definition) is 3. The molecule has 1 N–H and O–H groups in total. The minimum atomic E-state index is 0.766. The molecule has 0 bridgehead atoms. The maximum absolute atomic E-state index is 4.41. The van der Waals surface area contributed by atoms with Gasteiger partial charge in [-0.05, 0) is 57.5 Å². The van der Waals surface area contributed by atoms with E-state index in [1.54, 1.807) is 0 Å². The van der Waals surface area contributed by atoms with E-state index in [2.05, 4.69) is 34.3 Å². The van der Waals surface area contributed by atoms with Gasteiger partial charge in [-0.1, -0.05) is 19.4 Å². The van der Waals surface area contributed by atoms with Gasteiger partial charge < -0.3 is 5.32 Å². The lowest BCUT2D eigenvalue weighted by atomic mass is 10.0. The SMILES string of the molecule is CCN(CCCC1CCCCN1)Cc1ccccn1. The molecule has 19 heavy (non-hydrogen) atoms. The van der Waals surface area contributed by atoms with Gasteiger partial charge >= 0.3 is 0 Å². The summed E-state index contributed by atoms with van der Waals surface area (Å²) in [5.74, 6) is 0. The van der Waals surface area contributed by atoms with E-state index in [4.69, 9.17) is 0 Å². The number of piperidine rings is 1. The van der Waals surface area contributed by atoms with E-state index in [-0.39, 0.29) is 0 Å². The van der Waals surface area contributed by atoms with Crippen molar-refractivity contribution >= 4 is 0 Å². The Morgan fingerprint density at radius 2 is 2.32 bits per heavy atom. The van der Waals surface area contributed by atoms with Crippen LogP contribution in [0.4, 0.5) is 0 Å². The lowest BCUT2D eigenvalue weighted by Gasteiger charge is -2.25. The highest BCUT2D eigenvalue weighted by atomic mass is 15.1. The first-order valence-electron chi connectivity index (χ1n) is 7.74. The normalized spacial score (nSPS) is 19.8. The molecule has 3 heteroatoms. The highest BCUT2D eigenvalue weighted by molar-refractivity contribution is 5.03. The van der Waals surface area contributed by atoms with Gasteiger partial charge in [0.05, 0.1) is 5.69 Å². The van der Waals surface area contributed by atoms with Crippen molar-refractivity contribution in [2.45, 2.75) is 51.6 Å². The number of pyridine rings is 1. The fraction of sp³-hybridized carbons (Fsp3) is 0.688. The lowest BCUT2D eigenvalue weighted by Crippen LogP contribution is -2.34. The first-order valence-corrected chi connectivity index (χ1v) is 7.74. The number of rotatable bonds is 7. The second kappa shape index (κ2) is 8.28. The van der Waals surface area contributed by atoms with Crippen molar-refractivity contribution in [3.05, 3.63) is 30.1 Å². The largest absolute Gasteiger partial charge is 0.314 e. The molecule has 1 aliphatic rings. The Morgan fingerprint density at radius 1 is 1.37 bits per heavy atom. The van der Waals surface area contributed by atoms with Crippen LogP contribution < -0.4 is 5.32 Å². The van der Waals surface area contributed by atoms with Crippen LogP contribution in [0.2, 0.25) is 0 Å². The first-order chi connectivity index (χ1) is 9.38. The summed E-state index contributed by atoms with van der Waals surface area (Å²) in [7, 11) is 0. The van der Waals surface area contributed by atoms with Crippen LogP contribution in [0.5, 0.6) is 0 Å². The molecular weight excluding hydrogens is 234 g/mol. The van der Waals surface area contributed by atoms with Gasteiger partial charge in [0.25, 0.3) is 0 Å². The molecule has 0 spiro atoms. The molecule has 106 valence electrons. The summed E-state index contributed by atoms with van der Waals surface area (Å²) in [4.78, 5) is 6.90. The molecule has 1 aromatic heterocycles. The monoisotopic (exact) mass is 261 g/mol. The quantitative estimate of drug-likeness (QED) is 0.818. The number of nitrogens with one attached hydrogen (secondary N) is 1. The maximum Gasteiger partial charge on any atom is 0.0543 e. The summed E-state index contributed by atoms with van der Waals surface area (Å²) >= 11 is 0. The standard InChI is InChI=1S/C16H27N3/c1-2-19(14-16-9-4-6-12-18-16)13-7-10-15-8-3-5-11-17-15/h4,6,9,12,15,17H,2-3,5,7-8,10-11,13-14H2,1H3. The third-order valence-corrected chi connectivity index (χ3v) is 4.00. The van der Waals surface area contributed by atoms with Crippen LogP contribution in [0.1, 0.15) is 44.7 Å². The molecule has 1 atom stereocenters. The predicted molar refractivity (Wildman–Crippen MR) is 80.1 cm³/mol. The Morgan fingerprint density at radius 3 is 3.00 bits per heavy atom.